The average molecular weight is 1020 g/mol. The molecule has 0 amide bonds. The molecule has 8 rings (SSSR count). The van der Waals surface area contributed by atoms with Gasteiger partial charge in [0.2, 0.25) is 9.84 Å². The van der Waals surface area contributed by atoms with Crippen molar-refractivity contribution < 1.29 is 51.9 Å². The summed E-state index contributed by atoms with van der Waals surface area (Å²) < 4.78 is 139. The number of rotatable bonds is 7. The molecule has 2 heterocycles. The van der Waals surface area contributed by atoms with Gasteiger partial charge >= 0.3 is 10.1 Å². The Morgan fingerprint density at radius 3 is 1.98 bits per heavy atom. The quantitative estimate of drug-likeness (QED) is 0.0425. The molecule has 26 heteroatoms. The van der Waals surface area contributed by atoms with Crippen LogP contribution in [-0.4, -0.2) is 148 Å². The van der Waals surface area contributed by atoms with Gasteiger partial charge in [-0.3, -0.25) is 19.2 Å². The third-order valence-electron chi connectivity index (χ3n) is 9.70. The molecule has 319 valence electrons. The summed E-state index contributed by atoms with van der Waals surface area (Å²) in [4.78, 5) is 0.946. The van der Waals surface area contributed by atoms with E-state index in [0.29, 0.717) is 10.8 Å². The smallest absolute Gasteiger partial charge is 0.300 e. The summed E-state index contributed by atoms with van der Waals surface area (Å²) in [6, 6.07) is 17.9. The van der Waals surface area contributed by atoms with Crippen molar-refractivity contribution in [3.05, 3.63) is 99.8 Å². The summed E-state index contributed by atoms with van der Waals surface area (Å²) in [6.07, 6.45) is 0. The van der Waals surface area contributed by atoms with Crippen LogP contribution in [0.1, 0.15) is 26.3 Å². The molecule has 0 saturated heterocycles. The fraction of sp³-hybridized carbons (Fsp3) is 0.105. The summed E-state index contributed by atoms with van der Waals surface area (Å²) in [5.74, 6) is -1.57. The summed E-state index contributed by atoms with van der Waals surface area (Å²) in [6.45, 7) is 6.00. The molecular formula is C38H29Cl2KLiN5NaO12S4. The van der Waals surface area contributed by atoms with Gasteiger partial charge in [-0.15, -0.1) is 0 Å². The Balaban J connectivity index is 0.00000257. The van der Waals surface area contributed by atoms with Gasteiger partial charge in [0.05, 0.1) is 26.5 Å². The Kier molecular flexibility index (Phi) is 15.1. The molecule has 3 aliphatic rings. The number of nitrogens with one attached hydrogen (secondary N) is 3. The molecule has 0 fully saturated rings. The van der Waals surface area contributed by atoms with E-state index in [9.17, 15) is 42.8 Å². The van der Waals surface area contributed by atoms with Gasteiger partial charge < -0.3 is 20.2 Å². The summed E-state index contributed by atoms with van der Waals surface area (Å²) in [5.41, 5.74) is 4.89. The van der Waals surface area contributed by atoms with Crippen LogP contribution < -0.4 is 25.9 Å². The molecule has 0 unspecified atom stereocenters. The largest absolute Gasteiger partial charge is 0.450 e. The van der Waals surface area contributed by atoms with Gasteiger partial charge in [0.15, 0.2) is 32.6 Å². The average Bonchev–Trinajstić information content (AvgIpc) is 3.16. The number of sulfone groups is 1. The first kappa shape index (κ1) is 52.7. The predicted octanol–water partition coefficient (Wildman–Crippen LogP) is 6.59. The number of halogens is 2. The second-order valence-electron chi connectivity index (χ2n) is 14.8. The molecule has 0 saturated carbocycles. The monoisotopic (exact) mass is 1010 g/mol. The van der Waals surface area contributed by atoms with Crippen molar-refractivity contribution in [2.75, 3.05) is 15.8 Å². The minimum Gasteiger partial charge on any atom is -0.450 e. The SMILES string of the molecule is CC(C)(C)c1ccc(S(=O)(=O)Nc2ccc3cc(S(=O)(=O)c4cc5nc6c(Cl)c7c(c(Cl)c6oc-5c(S(=O)(=O)O)c4=N)Nc4ccc(N)c(S(=O)(=O)O)c4O7)ccc3c2)cc1.[K].[Li].[Na]. The Morgan fingerprint density at radius 1 is 0.781 bits per heavy atom. The number of hydrogen-bond acceptors (Lipinski definition) is 14. The minimum atomic E-state index is -5.43. The number of benzene rings is 6. The van der Waals surface area contributed by atoms with Gasteiger partial charge in [-0.25, -0.2) is 21.8 Å². The van der Waals surface area contributed by atoms with E-state index in [0.717, 1.165) is 23.8 Å². The maximum absolute atomic E-state index is 14.3. The summed E-state index contributed by atoms with van der Waals surface area (Å²) >= 11 is 13.4. The molecule has 0 spiro atoms. The maximum atomic E-state index is 14.3. The van der Waals surface area contributed by atoms with Crippen LogP contribution in [0.3, 0.4) is 0 Å². The minimum absolute atomic E-state index is 0. The first-order chi connectivity index (χ1) is 28.3. The predicted molar refractivity (Wildman–Crippen MR) is 243 cm³/mol. The number of nitrogen functional groups attached to an aromatic ring is 1. The molecule has 0 atom stereocenters. The molecular weight excluding hydrogens is 987 g/mol. The van der Waals surface area contributed by atoms with Crippen molar-refractivity contribution in [3.8, 4) is 23.0 Å². The van der Waals surface area contributed by atoms with Crippen LogP contribution >= 0.6 is 23.2 Å². The number of hydrogen-bond donors (Lipinski definition) is 6. The number of anilines is 4. The van der Waals surface area contributed by atoms with E-state index in [2.05, 4.69) is 15.0 Å². The standard InChI is InChI=1S/C38H29Cl2N5O12S4.K.Li.Na/c1-38(2,3)19-6-10-21(11-7-19)59(48,49)45-20-8-4-18-15-22(9-5-17(18)14-20)58(46,47)26-16-25-33(37(29(26)42)61(53,54)55)57-35-27(39)30-34(28(40)31(35)44-25)56-32-24(43-30)13-12-23(41)36(32)60(50,51)52;;;/h4-16,42-43,45H,41H2,1-3H3,(H,50,51,52)(H,53,54,55);;;. The van der Waals surface area contributed by atoms with E-state index in [1.54, 1.807) is 12.1 Å². The molecule has 7 N–H and O–H groups in total. The first-order valence-electron chi connectivity index (χ1n) is 17.4. The maximum Gasteiger partial charge on any atom is 0.300 e. The van der Waals surface area contributed by atoms with Crippen LogP contribution in [-0.2, 0) is 45.5 Å². The van der Waals surface area contributed by atoms with E-state index in [-0.39, 0.29) is 149 Å². The van der Waals surface area contributed by atoms with E-state index in [1.165, 1.54) is 48.5 Å². The third kappa shape index (κ3) is 9.43. The van der Waals surface area contributed by atoms with E-state index < -0.39 is 92.8 Å². The Labute approximate surface area is 453 Å². The van der Waals surface area contributed by atoms with Crippen molar-refractivity contribution in [1.82, 2.24) is 4.98 Å². The fourth-order valence-corrected chi connectivity index (χ4v) is 11.3. The van der Waals surface area contributed by atoms with Gasteiger partial charge in [0.1, 0.15) is 31.8 Å². The van der Waals surface area contributed by atoms with Crippen LogP contribution in [0.5, 0.6) is 11.5 Å². The number of aromatic nitrogens is 1. The van der Waals surface area contributed by atoms with E-state index >= 15 is 0 Å². The molecule has 5 aromatic rings. The molecule has 1 aliphatic carbocycles. The normalized spacial score (nSPS) is 12.8. The van der Waals surface area contributed by atoms with Gasteiger partial charge in [-0.05, 0) is 76.3 Å². The van der Waals surface area contributed by atoms with Crippen LogP contribution in [0.4, 0.5) is 22.7 Å². The van der Waals surface area contributed by atoms with Crippen LogP contribution in [0.25, 0.3) is 33.3 Å². The molecule has 5 aromatic carbocycles. The first-order valence-corrected chi connectivity index (χ1v) is 24.0. The van der Waals surface area contributed by atoms with Crippen LogP contribution in [0, 0.1) is 5.41 Å². The second-order valence-corrected chi connectivity index (χ2v) is 21.9. The van der Waals surface area contributed by atoms with Gasteiger partial charge in [0, 0.05) is 105 Å². The topological polar surface area (TPSA) is 286 Å². The van der Waals surface area contributed by atoms with Gasteiger partial charge in [0.25, 0.3) is 20.1 Å². The van der Waals surface area contributed by atoms with Crippen molar-refractivity contribution in [3.63, 3.8) is 0 Å². The van der Waals surface area contributed by atoms with E-state index in [4.69, 9.17) is 43.5 Å². The van der Waals surface area contributed by atoms with Crippen LogP contribution in [0.2, 0.25) is 10.0 Å². The molecule has 17 nitrogen and oxygen atoms in total. The number of ether oxygens (including phenoxy) is 1. The molecule has 0 bridgehead atoms. The van der Waals surface area contributed by atoms with Gasteiger partial charge in [-0.1, -0.05) is 68.2 Å². The van der Waals surface area contributed by atoms with Gasteiger partial charge in [-0.2, -0.15) is 16.8 Å². The zero-order valence-electron chi connectivity index (χ0n) is 34.4. The second kappa shape index (κ2) is 18.3. The Hall–Kier alpha value is -2.29. The number of nitrogens with two attached hydrogens (primary N) is 1. The van der Waals surface area contributed by atoms with Crippen molar-refractivity contribution in [2.45, 2.75) is 50.7 Å². The zero-order valence-corrected chi connectivity index (χ0v) is 44.3. The van der Waals surface area contributed by atoms with Crippen molar-refractivity contribution in [2.24, 2.45) is 0 Å². The number of sulfonamides is 1. The Morgan fingerprint density at radius 2 is 1.38 bits per heavy atom. The Bertz CT molecular complexity index is 3600. The summed E-state index contributed by atoms with van der Waals surface area (Å²) in [7, 11) is -19.2. The van der Waals surface area contributed by atoms with E-state index in [1.807, 2.05) is 20.8 Å². The van der Waals surface area contributed by atoms with Crippen LogP contribution in [0.15, 0.2) is 108 Å². The molecule has 0 aromatic heterocycles. The number of nitrogens with zero attached hydrogens (tertiary/aromatic N) is 1. The third-order valence-corrected chi connectivity index (χ3v) is 15.4. The fourth-order valence-electron chi connectivity index (χ4n) is 6.71. The molecule has 3 radical (unpaired) electrons. The summed E-state index contributed by atoms with van der Waals surface area (Å²) in [5, 5.41) is 10.3. The van der Waals surface area contributed by atoms with Crippen molar-refractivity contribution in [1.29, 1.82) is 5.41 Å². The molecule has 64 heavy (non-hydrogen) atoms. The number of fused-ring (bicyclic) bond motifs is 5. The van der Waals surface area contributed by atoms with Crippen molar-refractivity contribution >= 4 is 208 Å². The zero-order chi connectivity index (χ0) is 44.4. The molecule has 2 aliphatic heterocycles.